The summed E-state index contributed by atoms with van der Waals surface area (Å²) in [5, 5.41) is 3.21. The van der Waals surface area contributed by atoms with Gasteiger partial charge in [-0.3, -0.25) is 4.79 Å². The molecule has 1 atom stereocenters. The van der Waals surface area contributed by atoms with Crippen molar-refractivity contribution in [3.05, 3.63) is 30.3 Å². The summed E-state index contributed by atoms with van der Waals surface area (Å²) in [6.45, 7) is 5.41. The van der Waals surface area contributed by atoms with E-state index in [-0.39, 0.29) is 12.0 Å². The predicted molar refractivity (Wildman–Crippen MR) is 77.8 cm³/mol. The summed E-state index contributed by atoms with van der Waals surface area (Å²) in [6, 6.07) is 10.4. The smallest absolute Gasteiger partial charge is 0.253 e. The Labute approximate surface area is 119 Å². The topological polar surface area (TPSA) is 44.8 Å². The van der Waals surface area contributed by atoms with Crippen LogP contribution in [-0.2, 0) is 9.53 Å². The largest absolute Gasteiger partial charge is 0.368 e. The molecule has 2 saturated heterocycles. The van der Waals surface area contributed by atoms with Crippen molar-refractivity contribution in [1.29, 1.82) is 0 Å². The van der Waals surface area contributed by atoms with Crippen LogP contribution in [-0.4, -0.2) is 62.8 Å². The fourth-order valence-electron chi connectivity index (χ4n) is 2.75. The maximum Gasteiger partial charge on any atom is 0.253 e. The number of nitrogens with zero attached hydrogens (tertiary/aromatic N) is 2. The number of amides is 1. The molecule has 3 rings (SSSR count). The summed E-state index contributed by atoms with van der Waals surface area (Å²) in [7, 11) is 0. The SMILES string of the molecule is O=C(C1CNCCO1)N1CCN(c2ccccc2)CC1. The Morgan fingerprint density at radius 1 is 1.15 bits per heavy atom. The molecule has 0 saturated carbocycles. The van der Waals surface area contributed by atoms with Crippen LogP contribution >= 0.6 is 0 Å². The number of hydrogen-bond acceptors (Lipinski definition) is 4. The van der Waals surface area contributed by atoms with Crippen molar-refractivity contribution >= 4 is 11.6 Å². The summed E-state index contributed by atoms with van der Waals surface area (Å²) in [6.07, 6.45) is -0.299. The van der Waals surface area contributed by atoms with E-state index in [9.17, 15) is 4.79 Å². The lowest BCUT2D eigenvalue weighted by molar-refractivity contribution is -0.145. The van der Waals surface area contributed by atoms with Gasteiger partial charge in [0, 0.05) is 45.0 Å². The molecule has 5 heteroatoms. The second-order valence-electron chi connectivity index (χ2n) is 5.21. The van der Waals surface area contributed by atoms with Crippen LogP contribution in [0.15, 0.2) is 30.3 Å². The number of morpholine rings is 1. The number of rotatable bonds is 2. The molecule has 2 heterocycles. The zero-order valence-corrected chi connectivity index (χ0v) is 11.6. The third-order valence-corrected chi connectivity index (χ3v) is 3.92. The first kappa shape index (κ1) is 13.4. The van der Waals surface area contributed by atoms with Crippen LogP contribution in [0.1, 0.15) is 0 Å². The summed E-state index contributed by atoms with van der Waals surface area (Å²) in [4.78, 5) is 16.6. The highest BCUT2D eigenvalue weighted by Crippen LogP contribution is 2.16. The fraction of sp³-hybridized carbons (Fsp3) is 0.533. The number of piperazine rings is 1. The molecule has 0 aromatic heterocycles. The van der Waals surface area contributed by atoms with Crippen LogP contribution in [0.4, 0.5) is 5.69 Å². The van der Waals surface area contributed by atoms with Crippen LogP contribution in [0, 0.1) is 0 Å². The Hall–Kier alpha value is -1.59. The van der Waals surface area contributed by atoms with Crippen molar-refractivity contribution in [2.75, 3.05) is 50.8 Å². The molecule has 1 amide bonds. The van der Waals surface area contributed by atoms with Gasteiger partial charge >= 0.3 is 0 Å². The first-order chi connectivity index (χ1) is 9.84. The monoisotopic (exact) mass is 275 g/mol. The Balaban J connectivity index is 1.54. The van der Waals surface area contributed by atoms with Crippen LogP contribution in [0.3, 0.4) is 0 Å². The molecule has 2 fully saturated rings. The lowest BCUT2D eigenvalue weighted by Crippen LogP contribution is -2.55. The minimum atomic E-state index is -0.299. The van der Waals surface area contributed by atoms with Gasteiger partial charge in [0.1, 0.15) is 6.10 Å². The zero-order chi connectivity index (χ0) is 13.8. The number of ether oxygens (including phenoxy) is 1. The van der Waals surface area contributed by atoms with Crippen molar-refractivity contribution in [1.82, 2.24) is 10.2 Å². The summed E-state index contributed by atoms with van der Waals surface area (Å²) in [5.74, 6) is 0.130. The second-order valence-corrected chi connectivity index (χ2v) is 5.21. The molecular formula is C15H21N3O2. The average molecular weight is 275 g/mol. The zero-order valence-electron chi connectivity index (χ0n) is 11.6. The molecule has 108 valence electrons. The van der Waals surface area contributed by atoms with Gasteiger partial charge < -0.3 is 19.9 Å². The summed E-state index contributed by atoms with van der Waals surface area (Å²) in [5.41, 5.74) is 1.23. The van der Waals surface area contributed by atoms with E-state index in [2.05, 4.69) is 22.3 Å². The van der Waals surface area contributed by atoms with E-state index in [4.69, 9.17) is 4.74 Å². The van der Waals surface area contributed by atoms with E-state index in [0.717, 1.165) is 32.7 Å². The molecule has 1 aromatic rings. The number of hydrogen-bond donors (Lipinski definition) is 1. The number of carbonyl (C=O) groups is 1. The number of nitrogens with one attached hydrogen (secondary N) is 1. The van der Waals surface area contributed by atoms with Crippen molar-refractivity contribution in [2.45, 2.75) is 6.10 Å². The first-order valence-corrected chi connectivity index (χ1v) is 7.26. The molecule has 0 radical (unpaired) electrons. The Bertz CT molecular complexity index is 438. The fourth-order valence-corrected chi connectivity index (χ4v) is 2.75. The van der Waals surface area contributed by atoms with Crippen molar-refractivity contribution in [3.63, 3.8) is 0 Å². The molecule has 1 aromatic carbocycles. The predicted octanol–water partition coefficient (Wildman–Crippen LogP) is 0.324. The molecule has 0 bridgehead atoms. The highest BCUT2D eigenvalue weighted by Gasteiger charge is 2.29. The maximum atomic E-state index is 12.3. The van der Waals surface area contributed by atoms with Crippen LogP contribution in [0.5, 0.6) is 0 Å². The minimum Gasteiger partial charge on any atom is -0.368 e. The van der Waals surface area contributed by atoms with E-state index < -0.39 is 0 Å². The Morgan fingerprint density at radius 2 is 1.90 bits per heavy atom. The molecular weight excluding hydrogens is 254 g/mol. The van der Waals surface area contributed by atoms with Crippen LogP contribution < -0.4 is 10.2 Å². The number of carbonyl (C=O) groups excluding carboxylic acids is 1. The van der Waals surface area contributed by atoms with Crippen LogP contribution in [0.25, 0.3) is 0 Å². The first-order valence-electron chi connectivity index (χ1n) is 7.26. The third kappa shape index (κ3) is 2.94. The van der Waals surface area contributed by atoms with Gasteiger partial charge in [-0.15, -0.1) is 0 Å². The van der Waals surface area contributed by atoms with Crippen molar-refractivity contribution in [3.8, 4) is 0 Å². The van der Waals surface area contributed by atoms with E-state index in [1.165, 1.54) is 5.69 Å². The lowest BCUT2D eigenvalue weighted by atomic mass is 10.2. The lowest BCUT2D eigenvalue weighted by Gasteiger charge is -2.38. The molecule has 0 aliphatic carbocycles. The Kier molecular flexibility index (Phi) is 4.18. The number of anilines is 1. The normalized spacial score (nSPS) is 23.7. The molecule has 2 aliphatic rings. The highest BCUT2D eigenvalue weighted by molar-refractivity contribution is 5.81. The van der Waals surface area contributed by atoms with Gasteiger partial charge in [-0.1, -0.05) is 18.2 Å². The number of para-hydroxylation sites is 1. The van der Waals surface area contributed by atoms with Gasteiger partial charge in [0.15, 0.2) is 0 Å². The van der Waals surface area contributed by atoms with Gasteiger partial charge in [0.25, 0.3) is 5.91 Å². The van der Waals surface area contributed by atoms with E-state index in [1.54, 1.807) is 0 Å². The molecule has 5 nitrogen and oxygen atoms in total. The molecule has 2 aliphatic heterocycles. The quantitative estimate of drug-likeness (QED) is 0.844. The van der Waals surface area contributed by atoms with Crippen LogP contribution in [0.2, 0.25) is 0 Å². The van der Waals surface area contributed by atoms with E-state index in [1.807, 2.05) is 23.1 Å². The molecule has 1 unspecified atom stereocenters. The van der Waals surface area contributed by atoms with E-state index in [0.29, 0.717) is 13.2 Å². The highest BCUT2D eigenvalue weighted by atomic mass is 16.5. The minimum absolute atomic E-state index is 0.130. The van der Waals surface area contributed by atoms with Crippen molar-refractivity contribution in [2.24, 2.45) is 0 Å². The van der Waals surface area contributed by atoms with Gasteiger partial charge in [0.2, 0.25) is 0 Å². The van der Waals surface area contributed by atoms with Gasteiger partial charge in [-0.2, -0.15) is 0 Å². The van der Waals surface area contributed by atoms with Gasteiger partial charge in [0.05, 0.1) is 6.61 Å². The molecule has 20 heavy (non-hydrogen) atoms. The van der Waals surface area contributed by atoms with Gasteiger partial charge in [-0.05, 0) is 12.1 Å². The maximum absolute atomic E-state index is 12.3. The third-order valence-electron chi connectivity index (χ3n) is 3.92. The summed E-state index contributed by atoms with van der Waals surface area (Å²) >= 11 is 0. The summed E-state index contributed by atoms with van der Waals surface area (Å²) < 4.78 is 5.54. The van der Waals surface area contributed by atoms with E-state index >= 15 is 0 Å². The second kappa shape index (κ2) is 6.24. The number of benzene rings is 1. The average Bonchev–Trinajstić information content (AvgIpc) is 2.56. The van der Waals surface area contributed by atoms with Gasteiger partial charge in [-0.25, -0.2) is 0 Å². The molecule has 1 N–H and O–H groups in total. The van der Waals surface area contributed by atoms with Crippen molar-refractivity contribution < 1.29 is 9.53 Å². The Morgan fingerprint density at radius 3 is 2.55 bits per heavy atom. The molecule has 0 spiro atoms. The standard InChI is InChI=1S/C15H21N3O2/c19-15(14-12-16-6-11-20-14)18-9-7-17(8-10-18)13-4-2-1-3-5-13/h1-5,14,16H,6-12H2.